The monoisotopic (exact) mass is 486 g/mol. The highest BCUT2D eigenvalue weighted by atomic mass is 16.5. The average Bonchev–Trinajstić information content (AvgIpc) is 3.10. The minimum absolute atomic E-state index is 0.256. The van der Waals surface area contributed by atoms with Crippen LogP contribution in [0.3, 0.4) is 0 Å². The van der Waals surface area contributed by atoms with Crippen molar-refractivity contribution in [3.8, 4) is 23.0 Å². The Labute approximate surface area is 203 Å². The third kappa shape index (κ3) is 7.02. The van der Waals surface area contributed by atoms with Gasteiger partial charge in [0.2, 0.25) is 0 Å². The minimum atomic E-state index is -0.967. The fraction of sp³-hybridized carbons (Fsp3) is 0.400. The van der Waals surface area contributed by atoms with Crippen LogP contribution in [0.15, 0.2) is 36.4 Å². The van der Waals surface area contributed by atoms with Crippen molar-refractivity contribution in [3.05, 3.63) is 42.0 Å². The van der Waals surface area contributed by atoms with E-state index in [0.717, 1.165) is 6.42 Å². The third-order valence-corrected chi connectivity index (χ3v) is 5.20. The van der Waals surface area contributed by atoms with Crippen molar-refractivity contribution in [3.63, 3.8) is 0 Å². The van der Waals surface area contributed by atoms with E-state index in [9.17, 15) is 14.4 Å². The molecular weight excluding hydrogens is 456 g/mol. The Balaban J connectivity index is 1.58. The number of hydrogen-bond acceptors (Lipinski definition) is 8. The van der Waals surface area contributed by atoms with Gasteiger partial charge in [0.1, 0.15) is 17.5 Å². The highest BCUT2D eigenvalue weighted by Gasteiger charge is 2.27. The van der Waals surface area contributed by atoms with Gasteiger partial charge in [-0.3, -0.25) is 9.59 Å². The Morgan fingerprint density at radius 2 is 1.60 bits per heavy atom. The first-order valence-electron chi connectivity index (χ1n) is 11.2. The van der Waals surface area contributed by atoms with Crippen LogP contribution in [-0.4, -0.2) is 57.9 Å². The fourth-order valence-corrected chi connectivity index (χ4v) is 3.33. The molecule has 35 heavy (non-hydrogen) atoms. The molecule has 0 aliphatic carbocycles. The number of esters is 1. The Morgan fingerprint density at radius 3 is 2.23 bits per heavy atom. The van der Waals surface area contributed by atoms with Gasteiger partial charge in [0.15, 0.2) is 18.1 Å². The number of ether oxygens (including phenoxy) is 5. The molecule has 3 rings (SSSR count). The molecular formula is C25H30N2O8. The average molecular weight is 487 g/mol. The largest absolute Gasteiger partial charge is 0.497 e. The van der Waals surface area contributed by atoms with Gasteiger partial charge in [0.05, 0.1) is 27.4 Å². The predicted molar refractivity (Wildman–Crippen MR) is 127 cm³/mol. The lowest BCUT2D eigenvalue weighted by molar-refractivity contribution is -0.150. The lowest BCUT2D eigenvalue weighted by Gasteiger charge is -2.21. The molecule has 0 aromatic heterocycles. The van der Waals surface area contributed by atoms with E-state index in [1.807, 2.05) is 0 Å². The number of nitrogens with one attached hydrogen (secondary N) is 2. The minimum Gasteiger partial charge on any atom is -0.497 e. The van der Waals surface area contributed by atoms with Crippen LogP contribution < -0.4 is 29.6 Å². The van der Waals surface area contributed by atoms with Crippen LogP contribution in [0.5, 0.6) is 23.0 Å². The van der Waals surface area contributed by atoms with Crippen LogP contribution in [-0.2, 0) is 14.3 Å². The Hall–Kier alpha value is -3.95. The second kappa shape index (κ2) is 12.0. The van der Waals surface area contributed by atoms with Gasteiger partial charge in [0.25, 0.3) is 11.8 Å². The highest BCUT2D eigenvalue weighted by molar-refractivity contribution is 5.98. The molecule has 10 heteroatoms. The maximum absolute atomic E-state index is 12.8. The molecule has 188 valence electrons. The molecule has 2 aromatic rings. The van der Waals surface area contributed by atoms with Crippen molar-refractivity contribution in [2.75, 3.05) is 39.4 Å². The lowest BCUT2D eigenvalue weighted by Crippen LogP contribution is -2.46. The van der Waals surface area contributed by atoms with Crippen molar-refractivity contribution in [1.82, 2.24) is 5.32 Å². The summed E-state index contributed by atoms with van der Waals surface area (Å²) in [7, 11) is 2.95. The molecule has 0 fully saturated rings. The standard InChI is InChI=1S/C25H30N2O8/c1-15(2)23(27-24(29)16-10-18(31-3)13-19(11-16)32-4)25(30)35-14-22(28)26-17-6-7-20-21(12-17)34-9-5-8-33-20/h6-7,10-13,15,23H,5,8-9,14H2,1-4H3,(H,26,28)(H,27,29)/t23-/m0/s1. The fourth-order valence-electron chi connectivity index (χ4n) is 3.33. The molecule has 1 aliphatic rings. The summed E-state index contributed by atoms with van der Waals surface area (Å²) >= 11 is 0. The highest BCUT2D eigenvalue weighted by Crippen LogP contribution is 2.32. The van der Waals surface area contributed by atoms with Gasteiger partial charge < -0.3 is 34.3 Å². The number of amides is 2. The molecule has 0 bridgehead atoms. The summed E-state index contributed by atoms with van der Waals surface area (Å²) in [6.45, 7) is 4.09. The van der Waals surface area contributed by atoms with Crippen molar-refractivity contribution in [2.24, 2.45) is 5.92 Å². The number of methoxy groups -OCH3 is 2. The lowest BCUT2D eigenvalue weighted by atomic mass is 10.0. The predicted octanol–water partition coefficient (Wildman–Crippen LogP) is 2.80. The molecule has 2 aromatic carbocycles. The van der Waals surface area contributed by atoms with Crippen molar-refractivity contribution < 1.29 is 38.1 Å². The molecule has 1 atom stereocenters. The van der Waals surface area contributed by atoms with E-state index < -0.39 is 30.4 Å². The van der Waals surface area contributed by atoms with Gasteiger partial charge in [-0.25, -0.2) is 4.79 Å². The molecule has 0 saturated carbocycles. The maximum atomic E-state index is 12.8. The zero-order chi connectivity index (χ0) is 25.4. The molecule has 2 N–H and O–H groups in total. The molecule has 0 saturated heterocycles. The van der Waals surface area contributed by atoms with E-state index in [1.165, 1.54) is 26.4 Å². The summed E-state index contributed by atoms with van der Waals surface area (Å²) in [5.74, 6) is -0.0335. The topological polar surface area (TPSA) is 121 Å². The van der Waals surface area contributed by atoms with Gasteiger partial charge >= 0.3 is 5.97 Å². The van der Waals surface area contributed by atoms with Crippen LogP contribution in [0.4, 0.5) is 5.69 Å². The first-order chi connectivity index (χ1) is 16.8. The van der Waals surface area contributed by atoms with E-state index in [4.69, 9.17) is 23.7 Å². The molecule has 0 radical (unpaired) electrons. The van der Waals surface area contributed by atoms with Gasteiger partial charge in [-0.05, 0) is 30.2 Å². The number of fused-ring (bicyclic) bond motifs is 1. The SMILES string of the molecule is COc1cc(OC)cc(C(=O)N[C@H](C(=O)OCC(=O)Nc2ccc3c(c2)OCCCO3)C(C)C)c1. The zero-order valence-electron chi connectivity index (χ0n) is 20.2. The Morgan fingerprint density at radius 1 is 0.943 bits per heavy atom. The van der Waals surface area contributed by atoms with Crippen LogP contribution in [0.25, 0.3) is 0 Å². The Kier molecular flexibility index (Phi) is 8.77. The van der Waals surface area contributed by atoms with Crippen LogP contribution >= 0.6 is 0 Å². The molecule has 1 heterocycles. The van der Waals surface area contributed by atoms with E-state index in [2.05, 4.69) is 10.6 Å². The smallest absolute Gasteiger partial charge is 0.329 e. The zero-order valence-corrected chi connectivity index (χ0v) is 20.2. The molecule has 2 amide bonds. The van der Waals surface area contributed by atoms with Gasteiger partial charge in [-0.2, -0.15) is 0 Å². The van der Waals surface area contributed by atoms with Crippen molar-refractivity contribution in [2.45, 2.75) is 26.3 Å². The number of carbonyl (C=O) groups is 3. The first kappa shape index (κ1) is 25.7. The second-order valence-corrected chi connectivity index (χ2v) is 8.16. The second-order valence-electron chi connectivity index (χ2n) is 8.16. The van der Waals surface area contributed by atoms with Gasteiger partial charge in [-0.1, -0.05) is 13.8 Å². The van der Waals surface area contributed by atoms with Gasteiger partial charge in [-0.15, -0.1) is 0 Å². The van der Waals surface area contributed by atoms with E-state index in [-0.39, 0.29) is 11.5 Å². The number of hydrogen-bond donors (Lipinski definition) is 2. The van der Waals surface area contributed by atoms with Crippen LogP contribution in [0, 0.1) is 5.92 Å². The summed E-state index contributed by atoms with van der Waals surface area (Å²) in [5.41, 5.74) is 0.739. The molecule has 0 unspecified atom stereocenters. The molecule has 0 spiro atoms. The maximum Gasteiger partial charge on any atom is 0.329 e. The summed E-state index contributed by atoms with van der Waals surface area (Å²) in [6.07, 6.45) is 0.769. The molecule has 1 aliphatic heterocycles. The Bertz CT molecular complexity index is 1050. The van der Waals surface area contributed by atoms with Crippen molar-refractivity contribution in [1.29, 1.82) is 0 Å². The van der Waals surface area contributed by atoms with E-state index >= 15 is 0 Å². The molecule has 10 nitrogen and oxygen atoms in total. The third-order valence-electron chi connectivity index (χ3n) is 5.20. The number of carbonyl (C=O) groups excluding carboxylic acids is 3. The quantitative estimate of drug-likeness (QED) is 0.519. The summed E-state index contributed by atoms with van der Waals surface area (Å²) in [5, 5.41) is 5.32. The number of anilines is 1. The van der Waals surface area contributed by atoms with Crippen LogP contribution in [0.1, 0.15) is 30.6 Å². The van der Waals surface area contributed by atoms with E-state index in [0.29, 0.717) is 41.9 Å². The number of benzene rings is 2. The van der Waals surface area contributed by atoms with Gasteiger partial charge in [0, 0.05) is 29.8 Å². The van der Waals surface area contributed by atoms with Crippen LogP contribution in [0.2, 0.25) is 0 Å². The first-order valence-corrected chi connectivity index (χ1v) is 11.2. The summed E-state index contributed by atoms with van der Waals surface area (Å²) < 4.78 is 26.7. The normalized spacial score (nSPS) is 13.3. The van der Waals surface area contributed by atoms with Crippen molar-refractivity contribution >= 4 is 23.5 Å². The summed E-state index contributed by atoms with van der Waals surface area (Å²) in [6, 6.07) is 8.76. The summed E-state index contributed by atoms with van der Waals surface area (Å²) in [4.78, 5) is 37.8. The number of rotatable bonds is 9. The van der Waals surface area contributed by atoms with E-state index in [1.54, 1.807) is 38.1 Å².